The molecule has 0 saturated carbocycles. The maximum atomic E-state index is 11.5. The molecule has 94 valence electrons. The van der Waals surface area contributed by atoms with Gasteiger partial charge in [-0.3, -0.25) is 4.79 Å². The maximum absolute atomic E-state index is 11.5. The molecule has 1 amide bonds. The van der Waals surface area contributed by atoms with Crippen LogP contribution in [0.2, 0.25) is 0 Å². The van der Waals surface area contributed by atoms with E-state index in [2.05, 4.69) is 10.2 Å². The second kappa shape index (κ2) is 6.86. The third-order valence-corrected chi connectivity index (χ3v) is 3.20. The van der Waals surface area contributed by atoms with E-state index in [0.29, 0.717) is 5.92 Å². The van der Waals surface area contributed by atoms with E-state index in [1.54, 1.807) is 6.92 Å². The Labute approximate surface area is 99.0 Å². The predicted molar refractivity (Wildman–Crippen MR) is 66.4 cm³/mol. The first kappa shape index (κ1) is 13.5. The smallest absolute Gasteiger partial charge is 0.219 e. The van der Waals surface area contributed by atoms with Crippen molar-refractivity contribution in [2.75, 3.05) is 46.8 Å². The third kappa shape index (κ3) is 4.94. The van der Waals surface area contributed by atoms with Crippen LogP contribution in [0, 0.1) is 5.92 Å². The van der Waals surface area contributed by atoms with Crippen LogP contribution in [0.4, 0.5) is 0 Å². The number of carbonyl (C=O) groups is 1. The minimum atomic E-state index is 0.209. The first-order chi connectivity index (χ1) is 7.59. The Morgan fingerprint density at radius 1 is 1.25 bits per heavy atom. The van der Waals surface area contributed by atoms with Crippen LogP contribution < -0.4 is 5.32 Å². The molecule has 0 spiro atoms. The van der Waals surface area contributed by atoms with Crippen LogP contribution in [0.5, 0.6) is 0 Å². The summed E-state index contributed by atoms with van der Waals surface area (Å²) in [5, 5.41) is 3.36. The van der Waals surface area contributed by atoms with E-state index in [0.717, 1.165) is 32.7 Å². The van der Waals surface area contributed by atoms with Gasteiger partial charge in [0, 0.05) is 26.6 Å². The molecule has 0 aromatic heterocycles. The quantitative estimate of drug-likeness (QED) is 0.738. The molecule has 1 aliphatic rings. The number of rotatable bonds is 5. The number of nitrogens with zero attached hydrogens (tertiary/aromatic N) is 2. The SMILES string of the molecule is CC(=O)N(CCN(C)C)CC1CCNCC1. The number of likely N-dealkylation sites (N-methyl/N-ethyl adjacent to an activating group) is 1. The molecule has 1 heterocycles. The highest BCUT2D eigenvalue weighted by Gasteiger charge is 2.18. The zero-order chi connectivity index (χ0) is 12.0. The highest BCUT2D eigenvalue weighted by atomic mass is 16.2. The predicted octanol–water partition coefficient (Wildman–Crippen LogP) is 0.396. The fraction of sp³-hybridized carbons (Fsp3) is 0.917. The van der Waals surface area contributed by atoms with Crippen molar-refractivity contribution in [2.24, 2.45) is 5.92 Å². The van der Waals surface area contributed by atoms with Crippen LogP contribution in [-0.4, -0.2) is 62.5 Å². The summed E-state index contributed by atoms with van der Waals surface area (Å²) in [6.07, 6.45) is 2.40. The van der Waals surface area contributed by atoms with Gasteiger partial charge >= 0.3 is 0 Å². The lowest BCUT2D eigenvalue weighted by Crippen LogP contribution is -2.41. The van der Waals surface area contributed by atoms with Gasteiger partial charge in [-0.15, -0.1) is 0 Å². The van der Waals surface area contributed by atoms with Crippen LogP contribution in [0.15, 0.2) is 0 Å². The van der Waals surface area contributed by atoms with E-state index in [1.807, 2.05) is 19.0 Å². The third-order valence-electron chi connectivity index (χ3n) is 3.20. The zero-order valence-electron chi connectivity index (χ0n) is 10.8. The van der Waals surface area contributed by atoms with Gasteiger partial charge < -0.3 is 15.1 Å². The van der Waals surface area contributed by atoms with E-state index in [4.69, 9.17) is 0 Å². The van der Waals surface area contributed by atoms with E-state index >= 15 is 0 Å². The second-order valence-electron chi connectivity index (χ2n) is 4.96. The molecule has 1 saturated heterocycles. The average molecular weight is 227 g/mol. The summed E-state index contributed by atoms with van der Waals surface area (Å²) in [6, 6.07) is 0. The Hall–Kier alpha value is -0.610. The number of piperidine rings is 1. The first-order valence-electron chi connectivity index (χ1n) is 6.20. The molecular formula is C12H25N3O. The van der Waals surface area contributed by atoms with E-state index in [1.165, 1.54) is 12.8 Å². The van der Waals surface area contributed by atoms with Crippen molar-refractivity contribution < 1.29 is 4.79 Å². The van der Waals surface area contributed by atoms with E-state index in [-0.39, 0.29) is 5.91 Å². The Kier molecular flexibility index (Phi) is 5.77. The molecule has 0 bridgehead atoms. The Bertz CT molecular complexity index is 212. The van der Waals surface area contributed by atoms with Crippen molar-refractivity contribution in [3.8, 4) is 0 Å². The molecule has 0 atom stereocenters. The molecule has 0 aliphatic carbocycles. The minimum Gasteiger partial charge on any atom is -0.341 e. The summed E-state index contributed by atoms with van der Waals surface area (Å²) in [5.74, 6) is 0.896. The number of hydrogen-bond acceptors (Lipinski definition) is 3. The molecule has 4 heteroatoms. The average Bonchev–Trinajstić information content (AvgIpc) is 2.25. The molecule has 0 aromatic carbocycles. The summed E-state index contributed by atoms with van der Waals surface area (Å²) in [5.41, 5.74) is 0. The molecular weight excluding hydrogens is 202 g/mol. The van der Waals surface area contributed by atoms with Gasteiger partial charge in [-0.1, -0.05) is 0 Å². The summed E-state index contributed by atoms with van der Waals surface area (Å²) in [4.78, 5) is 15.6. The molecule has 0 aromatic rings. The molecule has 1 aliphatic heterocycles. The Balaban J connectivity index is 2.34. The molecule has 1 rings (SSSR count). The van der Waals surface area contributed by atoms with Gasteiger partial charge in [-0.2, -0.15) is 0 Å². The summed E-state index contributed by atoms with van der Waals surface area (Å²) in [6.45, 7) is 6.62. The maximum Gasteiger partial charge on any atom is 0.219 e. The topological polar surface area (TPSA) is 35.6 Å². The minimum absolute atomic E-state index is 0.209. The van der Waals surface area contributed by atoms with Crippen LogP contribution in [-0.2, 0) is 4.79 Å². The van der Waals surface area contributed by atoms with Crippen molar-refractivity contribution in [1.29, 1.82) is 0 Å². The summed E-state index contributed by atoms with van der Waals surface area (Å²) < 4.78 is 0. The van der Waals surface area contributed by atoms with Crippen LogP contribution in [0.25, 0.3) is 0 Å². The van der Waals surface area contributed by atoms with Gasteiger partial charge in [0.2, 0.25) is 5.91 Å². The molecule has 1 N–H and O–H groups in total. The van der Waals surface area contributed by atoms with Crippen molar-refractivity contribution in [2.45, 2.75) is 19.8 Å². The first-order valence-corrected chi connectivity index (χ1v) is 6.20. The van der Waals surface area contributed by atoms with Gasteiger partial charge in [-0.05, 0) is 45.9 Å². The lowest BCUT2D eigenvalue weighted by molar-refractivity contribution is -0.129. The zero-order valence-corrected chi connectivity index (χ0v) is 10.8. The van der Waals surface area contributed by atoms with Gasteiger partial charge in [0.15, 0.2) is 0 Å². The number of nitrogens with one attached hydrogen (secondary N) is 1. The fourth-order valence-electron chi connectivity index (χ4n) is 2.07. The molecule has 0 radical (unpaired) electrons. The summed E-state index contributed by atoms with van der Waals surface area (Å²) in [7, 11) is 4.09. The van der Waals surface area contributed by atoms with Gasteiger partial charge in [-0.25, -0.2) is 0 Å². The van der Waals surface area contributed by atoms with Crippen LogP contribution in [0.3, 0.4) is 0 Å². The van der Waals surface area contributed by atoms with Crippen molar-refractivity contribution in [3.63, 3.8) is 0 Å². The van der Waals surface area contributed by atoms with Crippen molar-refractivity contribution in [3.05, 3.63) is 0 Å². The van der Waals surface area contributed by atoms with E-state index in [9.17, 15) is 4.79 Å². The Morgan fingerprint density at radius 2 is 1.88 bits per heavy atom. The normalized spacial score (nSPS) is 17.8. The van der Waals surface area contributed by atoms with Crippen molar-refractivity contribution in [1.82, 2.24) is 15.1 Å². The van der Waals surface area contributed by atoms with Gasteiger partial charge in [0.05, 0.1) is 0 Å². The standard InChI is InChI=1S/C12H25N3O/c1-11(16)15(9-8-14(2)3)10-12-4-6-13-7-5-12/h12-13H,4-10H2,1-3H3. The number of amides is 1. The molecule has 4 nitrogen and oxygen atoms in total. The Morgan fingerprint density at radius 3 is 2.38 bits per heavy atom. The van der Waals surface area contributed by atoms with E-state index < -0.39 is 0 Å². The van der Waals surface area contributed by atoms with Crippen LogP contribution in [0.1, 0.15) is 19.8 Å². The monoisotopic (exact) mass is 227 g/mol. The lowest BCUT2D eigenvalue weighted by atomic mass is 9.97. The molecule has 1 fully saturated rings. The van der Waals surface area contributed by atoms with Gasteiger partial charge in [0.25, 0.3) is 0 Å². The fourth-order valence-corrected chi connectivity index (χ4v) is 2.07. The largest absolute Gasteiger partial charge is 0.341 e. The summed E-state index contributed by atoms with van der Waals surface area (Å²) >= 11 is 0. The van der Waals surface area contributed by atoms with Crippen molar-refractivity contribution >= 4 is 5.91 Å². The van der Waals surface area contributed by atoms with Gasteiger partial charge in [0.1, 0.15) is 0 Å². The molecule has 16 heavy (non-hydrogen) atoms. The second-order valence-corrected chi connectivity index (χ2v) is 4.96. The lowest BCUT2D eigenvalue weighted by Gasteiger charge is -2.30. The highest BCUT2D eigenvalue weighted by Crippen LogP contribution is 2.13. The number of hydrogen-bond donors (Lipinski definition) is 1. The molecule has 0 unspecified atom stereocenters. The number of carbonyl (C=O) groups excluding carboxylic acids is 1. The van der Waals surface area contributed by atoms with Crippen LogP contribution >= 0.6 is 0 Å². The highest BCUT2D eigenvalue weighted by molar-refractivity contribution is 5.73.